The van der Waals surface area contributed by atoms with Gasteiger partial charge in [-0.1, -0.05) is 22.2 Å². The average molecular weight is 352 g/mol. The SMILES string of the molecule is [B]c1cc(C=O)c(NC2CCOCC2)c([B])c1N1CCN(C([B])([B])[B])CC1. The topological polar surface area (TPSA) is 44.8 Å². The van der Waals surface area contributed by atoms with Gasteiger partial charge in [0.15, 0.2) is 6.29 Å². The zero-order valence-corrected chi connectivity index (χ0v) is 15.5. The fourth-order valence-electron chi connectivity index (χ4n) is 3.71. The summed E-state index contributed by atoms with van der Waals surface area (Å²) in [5, 5.41) is 2.07. The molecule has 0 saturated carbocycles. The highest BCUT2D eigenvalue weighted by molar-refractivity contribution is 6.59. The Hall–Kier alpha value is -1.27. The number of anilines is 2. The van der Waals surface area contributed by atoms with Crippen molar-refractivity contribution in [2.45, 2.75) is 24.1 Å². The molecule has 1 N–H and O–H groups in total. The maximum Gasteiger partial charge on any atom is 0.152 e. The third-order valence-electron chi connectivity index (χ3n) is 5.24. The van der Waals surface area contributed by atoms with Crippen LogP contribution in [-0.4, -0.2) is 101 Å². The van der Waals surface area contributed by atoms with E-state index < -0.39 is 5.24 Å². The predicted molar refractivity (Wildman–Crippen MR) is 114 cm³/mol. The molecule has 0 spiro atoms. The molecular formula is C17H20B5N3O2. The molecule has 0 bridgehead atoms. The molecule has 1 aromatic rings. The van der Waals surface area contributed by atoms with Gasteiger partial charge < -0.3 is 19.9 Å². The molecule has 2 aliphatic rings. The molecule has 0 aliphatic carbocycles. The molecule has 10 heteroatoms. The van der Waals surface area contributed by atoms with Crippen molar-refractivity contribution in [1.82, 2.24) is 4.90 Å². The minimum absolute atomic E-state index is 0.209. The molecule has 0 atom stereocenters. The predicted octanol–water partition coefficient (Wildman–Crippen LogP) is -2.08. The molecule has 0 amide bonds. The Balaban J connectivity index is 1.85. The van der Waals surface area contributed by atoms with Gasteiger partial charge in [-0.2, -0.15) is 0 Å². The lowest BCUT2D eigenvalue weighted by molar-refractivity contribution is 0.0904. The van der Waals surface area contributed by atoms with Crippen molar-refractivity contribution in [2.75, 3.05) is 49.6 Å². The second kappa shape index (κ2) is 8.40. The highest BCUT2D eigenvalue weighted by Gasteiger charge is 2.27. The molecule has 130 valence electrons. The minimum Gasteiger partial charge on any atom is -0.382 e. The van der Waals surface area contributed by atoms with Gasteiger partial charge in [-0.05, 0) is 12.8 Å². The van der Waals surface area contributed by atoms with Crippen LogP contribution in [0.1, 0.15) is 23.2 Å². The first-order valence-electron chi connectivity index (χ1n) is 9.19. The average Bonchev–Trinajstić information content (AvgIpc) is 2.64. The van der Waals surface area contributed by atoms with Crippen LogP contribution in [0.25, 0.3) is 0 Å². The largest absolute Gasteiger partial charge is 0.382 e. The van der Waals surface area contributed by atoms with Gasteiger partial charge in [-0.25, -0.2) is 0 Å². The third kappa shape index (κ3) is 4.60. The lowest BCUT2D eigenvalue weighted by Crippen LogP contribution is -2.59. The summed E-state index contributed by atoms with van der Waals surface area (Å²) in [7, 11) is 30.0. The monoisotopic (exact) mass is 353 g/mol. The zero-order chi connectivity index (χ0) is 19.6. The number of hydrogen-bond acceptors (Lipinski definition) is 5. The summed E-state index contributed by atoms with van der Waals surface area (Å²) >= 11 is 0. The van der Waals surface area contributed by atoms with E-state index in [1.807, 2.05) is 0 Å². The molecule has 2 aliphatic heterocycles. The van der Waals surface area contributed by atoms with Crippen molar-refractivity contribution in [1.29, 1.82) is 0 Å². The molecule has 3 rings (SSSR count). The molecule has 0 aromatic heterocycles. The summed E-state index contributed by atoms with van der Waals surface area (Å²) in [6.45, 7) is 3.80. The van der Waals surface area contributed by atoms with E-state index in [0.29, 0.717) is 61.6 Å². The lowest BCUT2D eigenvalue weighted by Gasteiger charge is -2.45. The number of rotatable bonds is 5. The van der Waals surface area contributed by atoms with E-state index in [1.54, 1.807) is 11.0 Å². The molecular weight excluding hydrogens is 332 g/mol. The van der Waals surface area contributed by atoms with Crippen LogP contribution < -0.4 is 21.1 Å². The molecule has 0 unspecified atom stereocenters. The number of aldehydes is 1. The molecule has 10 radical (unpaired) electrons. The Kier molecular flexibility index (Phi) is 6.37. The number of ether oxygens (including phenoxy) is 1. The third-order valence-corrected chi connectivity index (χ3v) is 5.24. The van der Waals surface area contributed by atoms with Gasteiger partial charge in [0.05, 0.1) is 23.5 Å². The maximum atomic E-state index is 11.6. The summed E-state index contributed by atoms with van der Waals surface area (Å²) in [5.41, 5.74) is 2.78. The van der Waals surface area contributed by atoms with Crippen LogP contribution in [0.4, 0.5) is 11.4 Å². The first-order valence-corrected chi connectivity index (χ1v) is 9.19. The number of carbonyl (C=O) groups excluding carboxylic acids is 1. The van der Waals surface area contributed by atoms with E-state index in [9.17, 15) is 4.79 Å². The number of hydrogen-bond donors (Lipinski definition) is 1. The van der Waals surface area contributed by atoms with Crippen LogP contribution in [0.2, 0.25) is 0 Å². The quantitative estimate of drug-likeness (QED) is 0.487. The standard InChI is InChI=1S/C17H20B5N3O2/c18-13-9-11(10-26)15(23-12-1-7-27-8-2-12)14(19)16(13)24-3-5-25(6-4-24)17(20,21)22/h9-10,12,23H,1-8H2. The highest BCUT2D eigenvalue weighted by Crippen LogP contribution is 2.22. The highest BCUT2D eigenvalue weighted by atomic mass is 16.5. The molecule has 2 saturated heterocycles. The van der Waals surface area contributed by atoms with Crippen molar-refractivity contribution in [3.8, 4) is 0 Å². The number of piperazine rings is 1. The van der Waals surface area contributed by atoms with Gasteiger partial charge in [0.1, 0.15) is 15.7 Å². The number of nitrogens with one attached hydrogen (secondary N) is 1. The summed E-state index contributed by atoms with van der Waals surface area (Å²) < 4.78 is 5.40. The summed E-state index contributed by atoms with van der Waals surface area (Å²) in [6.07, 6.45) is 2.51. The van der Waals surface area contributed by atoms with Crippen molar-refractivity contribution < 1.29 is 9.53 Å². The number of benzene rings is 1. The van der Waals surface area contributed by atoms with Crippen molar-refractivity contribution >= 4 is 67.8 Å². The lowest BCUT2D eigenvalue weighted by atomic mass is 9.48. The van der Waals surface area contributed by atoms with Crippen LogP contribution in [-0.2, 0) is 4.74 Å². The van der Waals surface area contributed by atoms with Gasteiger partial charge in [-0.15, -0.1) is 0 Å². The fraction of sp³-hybridized carbons (Fsp3) is 0.588. The maximum absolute atomic E-state index is 11.6. The van der Waals surface area contributed by atoms with Crippen molar-refractivity contribution in [2.24, 2.45) is 0 Å². The van der Waals surface area contributed by atoms with Gasteiger partial charge in [-0.3, -0.25) is 4.79 Å². The first-order chi connectivity index (χ1) is 12.8. The van der Waals surface area contributed by atoms with E-state index in [1.165, 1.54) is 0 Å². The molecule has 1 aromatic carbocycles. The van der Waals surface area contributed by atoms with Crippen LogP contribution in [0.15, 0.2) is 6.07 Å². The fourth-order valence-corrected chi connectivity index (χ4v) is 3.71. The molecule has 2 heterocycles. The summed E-state index contributed by atoms with van der Waals surface area (Å²) in [4.78, 5) is 15.5. The van der Waals surface area contributed by atoms with E-state index in [0.717, 1.165) is 24.8 Å². The Bertz CT molecular complexity index is 684. The minimum atomic E-state index is -1.35. The van der Waals surface area contributed by atoms with E-state index in [-0.39, 0.29) is 6.04 Å². The smallest absolute Gasteiger partial charge is 0.152 e. The van der Waals surface area contributed by atoms with E-state index in [4.69, 9.17) is 44.0 Å². The van der Waals surface area contributed by atoms with Crippen LogP contribution in [0, 0.1) is 0 Å². The van der Waals surface area contributed by atoms with E-state index >= 15 is 0 Å². The Morgan fingerprint density at radius 1 is 1.11 bits per heavy atom. The van der Waals surface area contributed by atoms with Crippen molar-refractivity contribution in [3.05, 3.63) is 11.6 Å². The Morgan fingerprint density at radius 3 is 2.30 bits per heavy atom. The second-order valence-electron chi connectivity index (χ2n) is 7.20. The van der Waals surface area contributed by atoms with Gasteiger partial charge in [0.25, 0.3) is 0 Å². The van der Waals surface area contributed by atoms with Gasteiger partial charge >= 0.3 is 0 Å². The summed E-state index contributed by atoms with van der Waals surface area (Å²) in [5.74, 6) is 0. The van der Waals surface area contributed by atoms with Crippen LogP contribution >= 0.6 is 0 Å². The van der Waals surface area contributed by atoms with Crippen molar-refractivity contribution in [3.63, 3.8) is 0 Å². The molecule has 2 fully saturated rings. The Labute approximate surface area is 168 Å². The Morgan fingerprint density at radius 2 is 1.74 bits per heavy atom. The zero-order valence-electron chi connectivity index (χ0n) is 15.5. The first kappa shape index (κ1) is 20.5. The second-order valence-corrected chi connectivity index (χ2v) is 7.20. The van der Waals surface area contributed by atoms with Gasteiger partial charge in [0.2, 0.25) is 0 Å². The van der Waals surface area contributed by atoms with Crippen LogP contribution in [0.3, 0.4) is 0 Å². The number of nitrogens with zero attached hydrogens (tertiary/aromatic N) is 2. The van der Waals surface area contributed by atoms with Gasteiger partial charge in [0, 0.05) is 62.4 Å². The number of carbonyl (C=O) groups is 1. The molecule has 5 nitrogen and oxygen atoms in total. The molecule has 27 heavy (non-hydrogen) atoms. The summed E-state index contributed by atoms with van der Waals surface area (Å²) in [6, 6.07) is 1.88. The van der Waals surface area contributed by atoms with Crippen LogP contribution in [0.5, 0.6) is 0 Å². The van der Waals surface area contributed by atoms with E-state index in [2.05, 4.69) is 10.2 Å². The normalized spacial score (nSPS) is 19.8.